The molecule has 3 heterocycles. The highest BCUT2D eigenvalue weighted by molar-refractivity contribution is 7.98. The van der Waals surface area contributed by atoms with Crippen LogP contribution in [0.4, 0.5) is 0 Å². The second-order valence-corrected chi connectivity index (χ2v) is 11.0. The smallest absolute Gasteiger partial charge is 0.306 e. The van der Waals surface area contributed by atoms with Gasteiger partial charge in [0.05, 0.1) is 17.1 Å². The van der Waals surface area contributed by atoms with Crippen LogP contribution >= 0.6 is 11.8 Å². The van der Waals surface area contributed by atoms with Crippen LogP contribution in [0.3, 0.4) is 0 Å². The molecule has 5 nitrogen and oxygen atoms in total. The first-order valence-corrected chi connectivity index (χ1v) is 13.8. The van der Waals surface area contributed by atoms with Crippen molar-refractivity contribution >= 4 is 22.8 Å². The molecule has 4 aromatic rings. The van der Waals surface area contributed by atoms with Crippen LogP contribution in [0, 0.1) is 11.3 Å². The van der Waals surface area contributed by atoms with Crippen LogP contribution in [0.25, 0.3) is 11.0 Å². The number of hydrogen-bond acceptors (Lipinski definition) is 4. The highest BCUT2D eigenvalue weighted by Gasteiger charge is 2.39. The topological polar surface area (TPSA) is 64.8 Å². The third kappa shape index (κ3) is 3.97. The number of nitrogens with one attached hydrogen (secondary N) is 1. The van der Waals surface area contributed by atoms with Gasteiger partial charge < -0.3 is 9.88 Å². The summed E-state index contributed by atoms with van der Waals surface area (Å²) in [7, 11) is 0. The summed E-state index contributed by atoms with van der Waals surface area (Å²) in [6.45, 7) is 2.91. The lowest BCUT2D eigenvalue weighted by Gasteiger charge is -2.34. The van der Waals surface area contributed by atoms with E-state index < -0.39 is 5.41 Å². The van der Waals surface area contributed by atoms with Crippen molar-refractivity contribution in [2.45, 2.75) is 47.8 Å². The van der Waals surface area contributed by atoms with Gasteiger partial charge in [0.2, 0.25) is 0 Å². The van der Waals surface area contributed by atoms with Crippen LogP contribution in [0.2, 0.25) is 0 Å². The molecule has 1 unspecified atom stereocenters. The molecule has 0 bridgehead atoms. The maximum Gasteiger partial charge on any atom is 0.326 e. The average molecular weight is 495 g/mol. The van der Waals surface area contributed by atoms with Crippen LogP contribution in [-0.4, -0.2) is 34.1 Å². The fraction of sp³-hybridized carbons (Fsp3) is 0.333. The summed E-state index contributed by atoms with van der Waals surface area (Å²) in [4.78, 5) is 19.4. The van der Waals surface area contributed by atoms with E-state index in [2.05, 4.69) is 64.5 Å². The van der Waals surface area contributed by atoms with E-state index in [1.165, 1.54) is 16.0 Å². The van der Waals surface area contributed by atoms with E-state index in [0.29, 0.717) is 0 Å². The average Bonchev–Trinajstić information content (AvgIpc) is 3.19. The number of imidazole rings is 1. The summed E-state index contributed by atoms with van der Waals surface area (Å²) in [5.41, 5.74) is 4.88. The van der Waals surface area contributed by atoms with E-state index in [-0.39, 0.29) is 11.7 Å². The molecule has 36 heavy (non-hydrogen) atoms. The van der Waals surface area contributed by atoms with Gasteiger partial charge in [-0.15, -0.1) is 11.8 Å². The van der Waals surface area contributed by atoms with E-state index in [0.717, 1.165) is 67.7 Å². The monoisotopic (exact) mass is 494 g/mol. The summed E-state index contributed by atoms with van der Waals surface area (Å²) in [6.07, 6.45) is 3.69. The third-order valence-corrected chi connectivity index (χ3v) is 9.09. The van der Waals surface area contributed by atoms with Crippen molar-refractivity contribution in [3.8, 4) is 6.07 Å². The highest BCUT2D eigenvalue weighted by Crippen LogP contribution is 2.46. The van der Waals surface area contributed by atoms with Gasteiger partial charge >= 0.3 is 5.69 Å². The molecule has 182 valence electrons. The number of H-pyrrole nitrogens is 1. The minimum atomic E-state index is -0.619. The Morgan fingerprint density at radius 3 is 2.53 bits per heavy atom. The Morgan fingerprint density at radius 1 is 0.972 bits per heavy atom. The summed E-state index contributed by atoms with van der Waals surface area (Å²) in [6, 6.07) is 27.9. The normalized spacial score (nSPS) is 20.4. The van der Waals surface area contributed by atoms with Gasteiger partial charge in [0.15, 0.2) is 0 Å². The van der Waals surface area contributed by atoms with Gasteiger partial charge in [-0.2, -0.15) is 5.26 Å². The van der Waals surface area contributed by atoms with Gasteiger partial charge in [0.1, 0.15) is 5.41 Å². The maximum atomic E-state index is 12.6. The van der Waals surface area contributed by atoms with Crippen LogP contribution in [0.1, 0.15) is 48.4 Å². The van der Waals surface area contributed by atoms with Crippen molar-refractivity contribution in [2.24, 2.45) is 0 Å². The minimum absolute atomic E-state index is 0.00539. The molecular formula is C30H30N4OS. The number of nitriles is 1. The summed E-state index contributed by atoms with van der Waals surface area (Å²) in [5.74, 6) is 0.900. The summed E-state index contributed by atoms with van der Waals surface area (Å²) < 4.78 is 1.95. The molecule has 1 saturated heterocycles. The number of fused-ring (bicyclic) bond motifs is 3. The quantitative estimate of drug-likeness (QED) is 0.377. The van der Waals surface area contributed by atoms with Crippen LogP contribution < -0.4 is 5.69 Å². The lowest BCUT2D eigenvalue weighted by Crippen LogP contribution is -2.38. The molecule has 0 radical (unpaired) electrons. The molecule has 2 aliphatic heterocycles. The molecule has 0 amide bonds. The van der Waals surface area contributed by atoms with Crippen molar-refractivity contribution in [3.05, 3.63) is 100.0 Å². The number of benzene rings is 3. The number of nitrogens with zero attached hydrogens (tertiary/aromatic N) is 3. The Bertz CT molecular complexity index is 1440. The van der Waals surface area contributed by atoms with Gasteiger partial charge in [0, 0.05) is 29.8 Å². The van der Waals surface area contributed by atoms with Crippen molar-refractivity contribution in [2.75, 3.05) is 19.6 Å². The molecule has 0 spiro atoms. The molecule has 2 aliphatic rings. The van der Waals surface area contributed by atoms with E-state index in [4.69, 9.17) is 0 Å². The van der Waals surface area contributed by atoms with E-state index in [9.17, 15) is 10.1 Å². The standard InChI is InChI=1S/C30H30N4OS/c31-21-30(24-9-2-1-8-22(24)20-36-28-13-6-3-10-25(28)30)16-7-17-33-18-14-23(15-19-33)34-27-12-5-4-11-26(27)32-29(34)35/h1-6,8-13,23H,7,14-20H2,(H,32,35). The van der Waals surface area contributed by atoms with Crippen molar-refractivity contribution in [1.29, 1.82) is 5.26 Å². The van der Waals surface area contributed by atoms with Gasteiger partial charge in [-0.1, -0.05) is 54.6 Å². The first-order chi connectivity index (χ1) is 17.7. The minimum Gasteiger partial charge on any atom is -0.306 e. The van der Waals surface area contributed by atoms with Crippen LogP contribution in [0.5, 0.6) is 0 Å². The predicted molar refractivity (Wildman–Crippen MR) is 145 cm³/mol. The number of para-hydroxylation sites is 2. The maximum absolute atomic E-state index is 12.6. The van der Waals surface area contributed by atoms with Crippen LogP contribution in [0.15, 0.2) is 82.5 Å². The number of thioether (sulfide) groups is 1. The Balaban J connectivity index is 1.17. The number of aromatic amines is 1. The first-order valence-electron chi connectivity index (χ1n) is 12.8. The number of rotatable bonds is 5. The molecule has 1 fully saturated rings. The SMILES string of the molecule is N#CC1(CCCN2CCC(n3c(=O)[nH]c4ccccc43)CC2)c2ccccc2CSc2ccccc21. The zero-order valence-corrected chi connectivity index (χ0v) is 21.1. The lowest BCUT2D eigenvalue weighted by atomic mass is 9.71. The predicted octanol–water partition coefficient (Wildman–Crippen LogP) is 5.86. The zero-order valence-electron chi connectivity index (χ0n) is 20.3. The molecule has 0 aliphatic carbocycles. The Morgan fingerprint density at radius 2 is 1.69 bits per heavy atom. The molecule has 3 aromatic carbocycles. The highest BCUT2D eigenvalue weighted by atomic mass is 32.2. The first kappa shape index (κ1) is 23.1. The fourth-order valence-corrected chi connectivity index (χ4v) is 7.29. The Hall–Kier alpha value is -3.27. The number of hydrogen-bond donors (Lipinski definition) is 1. The largest absolute Gasteiger partial charge is 0.326 e. The van der Waals surface area contributed by atoms with E-state index >= 15 is 0 Å². The molecular weight excluding hydrogens is 464 g/mol. The number of likely N-dealkylation sites (tertiary alicyclic amines) is 1. The van der Waals surface area contributed by atoms with Gasteiger partial charge in [-0.25, -0.2) is 4.79 Å². The lowest BCUT2D eigenvalue weighted by molar-refractivity contribution is 0.182. The van der Waals surface area contributed by atoms with Crippen LogP contribution in [-0.2, 0) is 11.2 Å². The summed E-state index contributed by atoms with van der Waals surface area (Å²) in [5, 5.41) is 10.6. The Labute approximate surface area is 215 Å². The van der Waals surface area contributed by atoms with Crippen molar-refractivity contribution in [1.82, 2.24) is 14.5 Å². The number of aromatic nitrogens is 2. The van der Waals surface area contributed by atoms with E-state index in [1.54, 1.807) is 0 Å². The van der Waals surface area contributed by atoms with Gasteiger partial charge in [0.25, 0.3) is 0 Å². The molecule has 6 rings (SSSR count). The molecule has 1 N–H and O–H groups in total. The number of piperidine rings is 1. The third-order valence-electron chi connectivity index (χ3n) is 7.97. The van der Waals surface area contributed by atoms with Crippen molar-refractivity contribution in [3.63, 3.8) is 0 Å². The van der Waals surface area contributed by atoms with E-state index in [1.807, 2.05) is 40.6 Å². The zero-order chi connectivity index (χ0) is 24.5. The van der Waals surface area contributed by atoms with Gasteiger partial charge in [-0.05, 0) is 67.1 Å². The van der Waals surface area contributed by atoms with Gasteiger partial charge in [-0.3, -0.25) is 4.57 Å². The molecule has 1 atom stereocenters. The Kier molecular flexibility index (Phi) is 6.20. The van der Waals surface area contributed by atoms with Crippen molar-refractivity contribution < 1.29 is 0 Å². The second kappa shape index (κ2) is 9.65. The molecule has 1 aromatic heterocycles. The fourth-order valence-electron chi connectivity index (χ4n) is 6.16. The molecule has 6 heteroatoms. The molecule has 0 saturated carbocycles. The summed E-state index contributed by atoms with van der Waals surface area (Å²) >= 11 is 1.84. The second-order valence-electron chi connectivity index (χ2n) is 9.95.